The molecular formula is C13H16N4O2. The third-order valence-corrected chi connectivity index (χ3v) is 2.79. The van der Waals surface area contributed by atoms with E-state index in [1.807, 2.05) is 31.0 Å². The SMILES string of the molecule is Cc1cccnc1CN(C)Cc1cc(=O)[nH]c(=O)[nH]1. The Morgan fingerprint density at radius 1 is 1.26 bits per heavy atom. The van der Waals surface area contributed by atoms with Gasteiger partial charge in [0.25, 0.3) is 5.56 Å². The first-order chi connectivity index (χ1) is 9.04. The summed E-state index contributed by atoms with van der Waals surface area (Å²) in [6.07, 6.45) is 1.76. The van der Waals surface area contributed by atoms with Crippen molar-refractivity contribution >= 4 is 0 Å². The van der Waals surface area contributed by atoms with Crippen molar-refractivity contribution in [2.24, 2.45) is 0 Å². The maximum Gasteiger partial charge on any atom is 0.325 e. The van der Waals surface area contributed by atoms with Crippen molar-refractivity contribution in [3.63, 3.8) is 0 Å². The zero-order valence-electron chi connectivity index (χ0n) is 10.9. The molecule has 0 aliphatic heterocycles. The molecule has 6 heteroatoms. The van der Waals surface area contributed by atoms with Crippen LogP contribution in [0.25, 0.3) is 0 Å². The molecule has 0 aromatic carbocycles. The van der Waals surface area contributed by atoms with Crippen molar-refractivity contribution in [3.05, 3.63) is 62.2 Å². The fourth-order valence-electron chi connectivity index (χ4n) is 1.89. The molecule has 0 atom stereocenters. The molecule has 0 aliphatic carbocycles. The Labute approximate surface area is 110 Å². The number of hydrogen-bond acceptors (Lipinski definition) is 4. The second-order valence-electron chi connectivity index (χ2n) is 4.55. The highest BCUT2D eigenvalue weighted by molar-refractivity contribution is 5.17. The van der Waals surface area contributed by atoms with Gasteiger partial charge >= 0.3 is 5.69 Å². The van der Waals surface area contributed by atoms with Gasteiger partial charge in [-0.25, -0.2) is 4.79 Å². The van der Waals surface area contributed by atoms with Crippen molar-refractivity contribution in [2.75, 3.05) is 7.05 Å². The quantitative estimate of drug-likeness (QED) is 0.833. The average molecular weight is 260 g/mol. The molecule has 0 amide bonds. The third-order valence-electron chi connectivity index (χ3n) is 2.79. The van der Waals surface area contributed by atoms with Crippen LogP contribution in [0.5, 0.6) is 0 Å². The second-order valence-corrected chi connectivity index (χ2v) is 4.55. The van der Waals surface area contributed by atoms with Crippen LogP contribution in [0.15, 0.2) is 34.0 Å². The molecule has 0 bridgehead atoms. The first-order valence-corrected chi connectivity index (χ1v) is 5.96. The van der Waals surface area contributed by atoms with Gasteiger partial charge < -0.3 is 4.98 Å². The lowest BCUT2D eigenvalue weighted by molar-refractivity contribution is 0.310. The Hall–Kier alpha value is -2.21. The maximum absolute atomic E-state index is 11.2. The van der Waals surface area contributed by atoms with E-state index in [2.05, 4.69) is 15.0 Å². The van der Waals surface area contributed by atoms with Crippen molar-refractivity contribution in [1.29, 1.82) is 0 Å². The molecule has 0 fully saturated rings. The molecule has 2 aromatic rings. The molecule has 0 saturated heterocycles. The maximum atomic E-state index is 11.2. The molecule has 2 aromatic heterocycles. The fraction of sp³-hybridized carbons (Fsp3) is 0.308. The van der Waals surface area contributed by atoms with E-state index < -0.39 is 5.69 Å². The number of aromatic nitrogens is 3. The first-order valence-electron chi connectivity index (χ1n) is 5.96. The summed E-state index contributed by atoms with van der Waals surface area (Å²) in [5, 5.41) is 0. The van der Waals surface area contributed by atoms with Gasteiger partial charge in [-0.05, 0) is 25.6 Å². The second kappa shape index (κ2) is 5.62. The fourth-order valence-corrected chi connectivity index (χ4v) is 1.89. The minimum absolute atomic E-state index is 0.388. The van der Waals surface area contributed by atoms with Crippen LogP contribution in [-0.2, 0) is 13.1 Å². The van der Waals surface area contributed by atoms with Crippen LogP contribution in [0.2, 0.25) is 0 Å². The predicted molar refractivity (Wildman–Crippen MR) is 71.8 cm³/mol. The molecular weight excluding hydrogens is 244 g/mol. The van der Waals surface area contributed by atoms with Gasteiger partial charge in [-0.3, -0.25) is 19.7 Å². The highest BCUT2D eigenvalue weighted by Crippen LogP contribution is 2.07. The third kappa shape index (κ3) is 3.62. The standard InChI is InChI=1S/C13H16N4O2/c1-9-4-3-5-14-11(9)8-17(2)7-10-6-12(18)16-13(19)15-10/h3-6H,7-8H2,1-2H3,(H2,15,16,18,19). The zero-order chi connectivity index (χ0) is 13.8. The van der Waals surface area contributed by atoms with E-state index in [1.165, 1.54) is 6.07 Å². The van der Waals surface area contributed by atoms with E-state index in [9.17, 15) is 9.59 Å². The molecule has 2 rings (SSSR count). The van der Waals surface area contributed by atoms with Gasteiger partial charge in [0.05, 0.1) is 5.69 Å². The monoisotopic (exact) mass is 260 g/mol. The summed E-state index contributed by atoms with van der Waals surface area (Å²) in [6.45, 7) is 3.14. The molecule has 6 nitrogen and oxygen atoms in total. The van der Waals surface area contributed by atoms with Gasteiger partial charge in [0.15, 0.2) is 0 Å². The Balaban J connectivity index is 2.09. The molecule has 0 aliphatic rings. The largest absolute Gasteiger partial charge is 0.325 e. The number of nitrogens with zero attached hydrogens (tertiary/aromatic N) is 2. The van der Waals surface area contributed by atoms with Crippen LogP contribution < -0.4 is 11.2 Å². The Bertz CT molecular complexity index is 646. The average Bonchev–Trinajstić information content (AvgIpc) is 2.30. The lowest BCUT2D eigenvalue weighted by Crippen LogP contribution is -2.26. The number of pyridine rings is 1. The zero-order valence-corrected chi connectivity index (χ0v) is 10.9. The molecule has 100 valence electrons. The van der Waals surface area contributed by atoms with E-state index in [0.717, 1.165) is 11.3 Å². The van der Waals surface area contributed by atoms with Gasteiger partial charge in [-0.1, -0.05) is 6.07 Å². The van der Waals surface area contributed by atoms with Gasteiger partial charge in [-0.15, -0.1) is 0 Å². The molecule has 2 heterocycles. The van der Waals surface area contributed by atoms with Crippen molar-refractivity contribution in [3.8, 4) is 0 Å². The van der Waals surface area contributed by atoms with Gasteiger partial charge in [0, 0.05) is 31.0 Å². The lowest BCUT2D eigenvalue weighted by atomic mass is 10.2. The number of rotatable bonds is 4. The summed E-state index contributed by atoms with van der Waals surface area (Å²) in [5.41, 5.74) is 1.82. The van der Waals surface area contributed by atoms with E-state index in [4.69, 9.17) is 0 Å². The van der Waals surface area contributed by atoms with Crippen molar-refractivity contribution < 1.29 is 0 Å². The molecule has 0 unspecified atom stereocenters. The molecule has 2 N–H and O–H groups in total. The Morgan fingerprint density at radius 2 is 2.05 bits per heavy atom. The van der Waals surface area contributed by atoms with Crippen LogP contribution in [0.4, 0.5) is 0 Å². The smallest absolute Gasteiger partial charge is 0.310 e. The van der Waals surface area contributed by atoms with Crippen LogP contribution in [0, 0.1) is 6.92 Å². The summed E-state index contributed by atoms with van der Waals surface area (Å²) in [7, 11) is 1.91. The van der Waals surface area contributed by atoms with Gasteiger partial charge in [0.2, 0.25) is 0 Å². The highest BCUT2D eigenvalue weighted by atomic mass is 16.2. The molecule has 0 radical (unpaired) electrons. The van der Waals surface area contributed by atoms with Crippen LogP contribution >= 0.6 is 0 Å². The van der Waals surface area contributed by atoms with Crippen LogP contribution in [0.1, 0.15) is 17.0 Å². The van der Waals surface area contributed by atoms with Gasteiger partial charge in [-0.2, -0.15) is 0 Å². The van der Waals surface area contributed by atoms with E-state index in [1.54, 1.807) is 6.20 Å². The normalized spacial score (nSPS) is 10.9. The minimum Gasteiger partial charge on any atom is -0.310 e. The number of aromatic amines is 2. The summed E-state index contributed by atoms with van der Waals surface area (Å²) in [6, 6.07) is 5.29. The lowest BCUT2D eigenvalue weighted by Gasteiger charge is -2.16. The van der Waals surface area contributed by atoms with Gasteiger partial charge in [0.1, 0.15) is 0 Å². The number of H-pyrrole nitrogens is 2. The molecule has 19 heavy (non-hydrogen) atoms. The van der Waals surface area contributed by atoms with Crippen molar-refractivity contribution in [2.45, 2.75) is 20.0 Å². The van der Waals surface area contributed by atoms with E-state index in [0.29, 0.717) is 18.8 Å². The molecule has 0 spiro atoms. The summed E-state index contributed by atoms with van der Waals surface area (Å²) >= 11 is 0. The van der Waals surface area contributed by atoms with E-state index >= 15 is 0 Å². The van der Waals surface area contributed by atoms with Crippen molar-refractivity contribution in [1.82, 2.24) is 19.9 Å². The van der Waals surface area contributed by atoms with Crippen LogP contribution in [0.3, 0.4) is 0 Å². The number of hydrogen-bond donors (Lipinski definition) is 2. The summed E-state index contributed by atoms with van der Waals surface area (Å²) in [4.78, 5) is 33.4. The van der Waals surface area contributed by atoms with Crippen LogP contribution in [-0.4, -0.2) is 26.9 Å². The molecule has 0 saturated carbocycles. The topological polar surface area (TPSA) is 81.8 Å². The summed E-state index contributed by atoms with van der Waals surface area (Å²) in [5.74, 6) is 0. The number of aryl methyl sites for hydroxylation is 1. The first kappa shape index (κ1) is 13.2. The Morgan fingerprint density at radius 3 is 2.74 bits per heavy atom. The van der Waals surface area contributed by atoms with E-state index in [-0.39, 0.29) is 5.56 Å². The highest BCUT2D eigenvalue weighted by Gasteiger charge is 2.06. The minimum atomic E-state index is -0.482. The predicted octanol–water partition coefficient (Wildman–Crippen LogP) is 0.399. The Kier molecular flexibility index (Phi) is 3.91. The summed E-state index contributed by atoms with van der Waals surface area (Å²) < 4.78 is 0. The number of nitrogens with one attached hydrogen (secondary N) is 2.